The second-order valence-electron chi connectivity index (χ2n) is 5.37. The monoisotopic (exact) mass is 304 g/mol. The van der Waals surface area contributed by atoms with Gasteiger partial charge >= 0.3 is 0 Å². The Hall–Kier alpha value is -1.39. The van der Waals surface area contributed by atoms with Gasteiger partial charge in [-0.3, -0.25) is 0 Å². The molecule has 2 rings (SSSR count). The van der Waals surface area contributed by atoms with Crippen molar-refractivity contribution in [3.63, 3.8) is 0 Å². The molecule has 1 aromatic heterocycles. The summed E-state index contributed by atoms with van der Waals surface area (Å²) in [6.45, 7) is 7.57. The van der Waals surface area contributed by atoms with Crippen molar-refractivity contribution in [3.05, 3.63) is 44.9 Å². The van der Waals surface area contributed by atoms with Gasteiger partial charge in [0.1, 0.15) is 12.4 Å². The summed E-state index contributed by atoms with van der Waals surface area (Å²) in [5, 5.41) is 3.29. The average Bonchev–Trinajstić information content (AvgIpc) is 2.86. The van der Waals surface area contributed by atoms with E-state index in [1.165, 1.54) is 21.7 Å². The van der Waals surface area contributed by atoms with Crippen LogP contribution in [0.15, 0.2) is 17.5 Å². The van der Waals surface area contributed by atoms with Crippen LogP contribution in [0.3, 0.4) is 0 Å². The first kappa shape index (κ1) is 16.0. The molecule has 114 valence electrons. The highest BCUT2D eigenvalue weighted by Crippen LogP contribution is 2.26. The zero-order valence-electron chi connectivity index (χ0n) is 13.1. The van der Waals surface area contributed by atoms with Crippen molar-refractivity contribution in [2.24, 2.45) is 5.73 Å². The van der Waals surface area contributed by atoms with Crippen molar-refractivity contribution in [1.82, 2.24) is 4.98 Å². The number of aromatic nitrogens is 1. The first-order valence-electron chi connectivity index (χ1n) is 7.50. The molecule has 1 heterocycles. The Morgan fingerprint density at radius 3 is 2.52 bits per heavy atom. The molecule has 0 aliphatic carbocycles. The van der Waals surface area contributed by atoms with Crippen molar-refractivity contribution in [3.8, 4) is 5.75 Å². The summed E-state index contributed by atoms with van der Waals surface area (Å²) < 4.78 is 5.99. The highest BCUT2D eigenvalue weighted by atomic mass is 32.1. The molecule has 0 aliphatic heterocycles. The second-order valence-corrected chi connectivity index (χ2v) is 6.31. The van der Waals surface area contributed by atoms with Crippen molar-refractivity contribution >= 4 is 11.3 Å². The van der Waals surface area contributed by atoms with Gasteiger partial charge in [0.05, 0.1) is 10.7 Å². The largest absolute Gasteiger partial charge is 0.487 e. The van der Waals surface area contributed by atoms with Crippen LogP contribution < -0.4 is 10.5 Å². The predicted molar refractivity (Wildman–Crippen MR) is 89.1 cm³/mol. The van der Waals surface area contributed by atoms with Gasteiger partial charge in [0, 0.05) is 5.38 Å². The minimum absolute atomic E-state index is 0.540. The van der Waals surface area contributed by atoms with E-state index >= 15 is 0 Å². The molecule has 21 heavy (non-hydrogen) atoms. The van der Waals surface area contributed by atoms with E-state index in [1.807, 2.05) is 0 Å². The molecule has 4 heteroatoms. The van der Waals surface area contributed by atoms with Gasteiger partial charge in [-0.1, -0.05) is 19.1 Å². The quantitative estimate of drug-likeness (QED) is 0.846. The fourth-order valence-corrected chi connectivity index (χ4v) is 3.35. The highest BCUT2D eigenvalue weighted by Gasteiger charge is 2.08. The Morgan fingerprint density at radius 1 is 1.19 bits per heavy atom. The number of ether oxygens (including phenoxy) is 1. The topological polar surface area (TPSA) is 48.1 Å². The lowest BCUT2D eigenvalue weighted by molar-refractivity contribution is 0.297. The van der Waals surface area contributed by atoms with Crippen molar-refractivity contribution in [2.75, 3.05) is 6.54 Å². The normalized spacial score (nSPS) is 10.9. The molecule has 1 aromatic carbocycles. The molecule has 0 radical (unpaired) electrons. The maximum Gasteiger partial charge on any atom is 0.131 e. The minimum atomic E-state index is 0.540. The molecule has 0 amide bonds. The van der Waals surface area contributed by atoms with E-state index in [1.54, 1.807) is 11.3 Å². The van der Waals surface area contributed by atoms with Crippen LogP contribution in [-0.4, -0.2) is 11.5 Å². The summed E-state index contributed by atoms with van der Waals surface area (Å²) in [6, 6.07) is 4.33. The lowest BCUT2D eigenvalue weighted by Gasteiger charge is -2.13. The molecule has 0 atom stereocenters. The third kappa shape index (κ3) is 4.29. The van der Waals surface area contributed by atoms with Crippen LogP contribution in [0.1, 0.15) is 40.7 Å². The number of hydrogen-bond donors (Lipinski definition) is 1. The molecular weight excluding hydrogens is 280 g/mol. The SMILES string of the molecule is CCCc1nc(COc2c(C)cc(CCN)cc2C)cs1. The third-order valence-electron chi connectivity index (χ3n) is 3.38. The molecule has 0 saturated heterocycles. The van der Waals surface area contributed by atoms with Gasteiger partial charge in [0.15, 0.2) is 0 Å². The van der Waals surface area contributed by atoms with Gasteiger partial charge < -0.3 is 10.5 Å². The maximum absolute atomic E-state index is 5.99. The number of rotatable bonds is 7. The maximum atomic E-state index is 5.99. The van der Waals surface area contributed by atoms with E-state index < -0.39 is 0 Å². The van der Waals surface area contributed by atoms with Gasteiger partial charge in [-0.25, -0.2) is 4.98 Å². The Balaban J connectivity index is 2.05. The molecule has 2 N–H and O–H groups in total. The van der Waals surface area contributed by atoms with E-state index in [4.69, 9.17) is 10.5 Å². The summed E-state index contributed by atoms with van der Waals surface area (Å²) in [7, 11) is 0. The summed E-state index contributed by atoms with van der Waals surface area (Å²) >= 11 is 1.72. The van der Waals surface area contributed by atoms with Crippen LogP contribution in [0.4, 0.5) is 0 Å². The van der Waals surface area contributed by atoms with Gasteiger partial charge in [-0.2, -0.15) is 0 Å². The molecular formula is C17H24N2OS. The molecule has 3 nitrogen and oxygen atoms in total. The van der Waals surface area contributed by atoms with Crippen molar-refractivity contribution < 1.29 is 4.74 Å². The number of nitrogens with two attached hydrogens (primary N) is 1. The van der Waals surface area contributed by atoms with E-state index in [-0.39, 0.29) is 0 Å². The molecule has 0 aliphatic rings. The molecule has 2 aromatic rings. The fraction of sp³-hybridized carbons (Fsp3) is 0.471. The third-order valence-corrected chi connectivity index (χ3v) is 4.34. The lowest BCUT2D eigenvalue weighted by Crippen LogP contribution is -2.05. The Kier molecular flexibility index (Phi) is 5.76. The first-order chi connectivity index (χ1) is 10.1. The standard InChI is InChI=1S/C17H24N2OS/c1-4-5-16-19-15(11-21-16)10-20-17-12(2)8-14(6-7-18)9-13(17)3/h8-9,11H,4-7,10,18H2,1-3H3. The van der Waals surface area contributed by atoms with Gasteiger partial charge in [-0.05, 0) is 56.3 Å². The van der Waals surface area contributed by atoms with Crippen LogP contribution in [-0.2, 0) is 19.4 Å². The smallest absolute Gasteiger partial charge is 0.131 e. The van der Waals surface area contributed by atoms with E-state index in [0.717, 1.165) is 30.7 Å². The Labute approximate surface area is 131 Å². The highest BCUT2D eigenvalue weighted by molar-refractivity contribution is 7.09. The number of hydrogen-bond acceptors (Lipinski definition) is 4. The average molecular weight is 304 g/mol. The summed E-state index contributed by atoms with van der Waals surface area (Å²) in [4.78, 5) is 4.60. The fourth-order valence-electron chi connectivity index (χ4n) is 2.47. The van der Waals surface area contributed by atoms with Crippen LogP contribution >= 0.6 is 11.3 Å². The molecule has 0 unspecified atom stereocenters. The summed E-state index contributed by atoms with van der Waals surface area (Å²) in [6.07, 6.45) is 3.10. The molecule has 0 fully saturated rings. The van der Waals surface area contributed by atoms with E-state index in [0.29, 0.717) is 13.2 Å². The lowest BCUT2D eigenvalue weighted by atomic mass is 10.0. The van der Waals surface area contributed by atoms with Crippen LogP contribution in [0, 0.1) is 13.8 Å². The number of benzene rings is 1. The molecule has 0 saturated carbocycles. The predicted octanol–water partition coefficient (Wildman–Crippen LogP) is 3.79. The van der Waals surface area contributed by atoms with E-state index in [2.05, 4.69) is 43.3 Å². The Morgan fingerprint density at radius 2 is 1.90 bits per heavy atom. The Bertz CT molecular complexity index is 569. The summed E-state index contributed by atoms with van der Waals surface area (Å²) in [5.41, 5.74) is 10.3. The second kappa shape index (κ2) is 7.57. The molecule has 0 bridgehead atoms. The van der Waals surface area contributed by atoms with Crippen LogP contribution in [0.25, 0.3) is 0 Å². The van der Waals surface area contributed by atoms with Crippen LogP contribution in [0.2, 0.25) is 0 Å². The first-order valence-corrected chi connectivity index (χ1v) is 8.38. The number of nitrogens with zero attached hydrogens (tertiary/aromatic N) is 1. The van der Waals surface area contributed by atoms with Gasteiger partial charge in [0.25, 0.3) is 0 Å². The molecule has 0 spiro atoms. The minimum Gasteiger partial charge on any atom is -0.487 e. The van der Waals surface area contributed by atoms with E-state index in [9.17, 15) is 0 Å². The van der Waals surface area contributed by atoms with Crippen molar-refractivity contribution in [2.45, 2.75) is 46.6 Å². The van der Waals surface area contributed by atoms with Gasteiger partial charge in [-0.15, -0.1) is 11.3 Å². The summed E-state index contributed by atoms with van der Waals surface area (Å²) in [5.74, 6) is 0.973. The van der Waals surface area contributed by atoms with Crippen LogP contribution in [0.5, 0.6) is 5.75 Å². The van der Waals surface area contributed by atoms with Crippen molar-refractivity contribution in [1.29, 1.82) is 0 Å². The number of aryl methyl sites for hydroxylation is 3. The number of thiazole rings is 1. The zero-order chi connectivity index (χ0) is 15.2. The van der Waals surface area contributed by atoms with Gasteiger partial charge in [0.2, 0.25) is 0 Å². The zero-order valence-corrected chi connectivity index (χ0v) is 13.9.